The van der Waals surface area contributed by atoms with Crippen LogP contribution in [-0.4, -0.2) is 72.0 Å². The smallest absolute Gasteiger partial charge is 0.412 e. The highest BCUT2D eigenvalue weighted by molar-refractivity contribution is 7.85. The number of amides is 4. The minimum atomic E-state index is -1.19. The predicted octanol–water partition coefficient (Wildman–Crippen LogP) is 6.92. The Morgan fingerprint density at radius 3 is 2.40 bits per heavy atom. The summed E-state index contributed by atoms with van der Waals surface area (Å²) in [4.78, 5) is 63.3. The second-order valence-electron chi connectivity index (χ2n) is 16.7. The number of aromatic amines is 1. The number of nitrogens with one attached hydrogen (secondary N) is 4. The number of hydrogen-bond donors (Lipinski definition) is 5. The molecule has 3 aliphatic rings. The Balaban J connectivity index is 0.000000193. The Morgan fingerprint density at radius 2 is 1.78 bits per heavy atom. The zero-order valence-electron chi connectivity index (χ0n) is 35.1. The van der Waals surface area contributed by atoms with Gasteiger partial charge in [0.05, 0.1) is 28.0 Å². The third-order valence-corrected chi connectivity index (χ3v) is 11.8. The van der Waals surface area contributed by atoms with Crippen molar-refractivity contribution in [2.75, 3.05) is 23.7 Å². The number of hydrogen-bond acceptors (Lipinski definition) is 8. The van der Waals surface area contributed by atoms with Crippen molar-refractivity contribution in [3.63, 3.8) is 0 Å². The van der Waals surface area contributed by atoms with Crippen LogP contribution in [-0.2, 0) is 30.1 Å². The molecule has 4 atom stereocenters. The number of primary amides is 1. The summed E-state index contributed by atoms with van der Waals surface area (Å²) < 4.78 is 21.3. The molecule has 3 unspecified atom stereocenters. The first-order chi connectivity index (χ1) is 27.4. The molecular formula is C43H63N7O7S. The number of benzene rings is 2. The number of ether oxygens (including phenoxy) is 1. The van der Waals surface area contributed by atoms with Crippen molar-refractivity contribution in [2.24, 2.45) is 17.6 Å². The van der Waals surface area contributed by atoms with Gasteiger partial charge < -0.3 is 25.7 Å². The van der Waals surface area contributed by atoms with Gasteiger partial charge in [0.25, 0.3) is 0 Å². The molecule has 0 bridgehead atoms. The number of nitrogens with zero attached hydrogens (tertiary/aromatic N) is 2. The number of likely N-dealkylation sites (tertiary alicyclic amines) is 1. The van der Waals surface area contributed by atoms with Gasteiger partial charge in [-0.1, -0.05) is 56.2 Å². The summed E-state index contributed by atoms with van der Waals surface area (Å²) in [6.45, 7) is 14.2. The Morgan fingerprint density at radius 1 is 1.07 bits per heavy atom. The Hall–Kier alpha value is -4.92. The standard InChI is InChI=1S/C15H21N3O3.C15H25NO2S.C13H17N3O2/c1-9(2)18-11-8-6-7-10(12(11)17-13(18)19)16-14(20)21-15(3,4)5;1-3-4-5-6-7-8-12-11-13(12)14(17)16-19(18)15(2)9-10-15;14-13(18)11-7-4-8-16(11)12(17)9-15-10-5-2-1-3-6-10/h6-9H,1-5H3,(H,16,20)(H,17,19);7-8,12-13H,3-6,9-11H2,1-2H3,(H,16,17);1-3,5-6,11,15H,4,7-9H2,(H2,14,18)/b;8-7-;/t;12?,13-,19?;/m.0./s1. The van der Waals surface area contributed by atoms with Gasteiger partial charge in [0.15, 0.2) is 0 Å². The first-order valence-corrected chi connectivity index (χ1v) is 21.6. The van der Waals surface area contributed by atoms with Crippen LogP contribution < -0.4 is 26.8 Å². The molecule has 1 aliphatic heterocycles. The number of nitrogens with two attached hydrogens (primary N) is 1. The van der Waals surface area contributed by atoms with E-state index in [-0.39, 0.29) is 40.8 Å². The van der Waals surface area contributed by atoms with Crippen LogP contribution in [0.1, 0.15) is 112 Å². The molecule has 14 nitrogen and oxygen atoms in total. The minimum Gasteiger partial charge on any atom is -0.444 e. The highest BCUT2D eigenvalue weighted by Crippen LogP contribution is 2.43. The average molecular weight is 822 g/mol. The fourth-order valence-corrected chi connectivity index (χ4v) is 7.59. The zero-order chi connectivity index (χ0) is 42.6. The van der Waals surface area contributed by atoms with Crippen LogP contribution >= 0.6 is 0 Å². The fourth-order valence-electron chi connectivity index (χ4n) is 6.54. The number of aromatic nitrogens is 2. The van der Waals surface area contributed by atoms with E-state index in [2.05, 4.69) is 39.4 Å². The van der Waals surface area contributed by atoms with E-state index in [4.69, 9.17) is 10.5 Å². The van der Waals surface area contributed by atoms with Crippen molar-refractivity contribution in [3.8, 4) is 0 Å². The maximum atomic E-state index is 12.0. The molecule has 0 spiro atoms. The number of allylic oxidation sites excluding steroid dienone is 2. The number of H-pyrrole nitrogens is 1. The molecule has 15 heteroatoms. The van der Waals surface area contributed by atoms with E-state index in [1.54, 1.807) is 42.4 Å². The largest absolute Gasteiger partial charge is 0.444 e. The van der Waals surface area contributed by atoms with Crippen molar-refractivity contribution in [2.45, 2.75) is 129 Å². The van der Waals surface area contributed by atoms with E-state index in [0.29, 0.717) is 30.1 Å². The van der Waals surface area contributed by atoms with Crippen molar-refractivity contribution >= 4 is 57.2 Å². The quantitative estimate of drug-likeness (QED) is 0.0853. The highest BCUT2D eigenvalue weighted by Gasteiger charge is 2.47. The maximum Gasteiger partial charge on any atom is 0.412 e. The zero-order valence-corrected chi connectivity index (χ0v) is 35.9. The third-order valence-electron chi connectivity index (χ3n) is 10.2. The van der Waals surface area contributed by atoms with Gasteiger partial charge in [-0.2, -0.15) is 0 Å². The molecule has 2 aromatic carbocycles. The van der Waals surface area contributed by atoms with E-state index in [1.165, 1.54) is 19.3 Å². The van der Waals surface area contributed by atoms with Crippen LogP contribution in [0.5, 0.6) is 0 Å². The van der Waals surface area contributed by atoms with E-state index in [9.17, 15) is 28.2 Å². The SMILES string of the molecule is CC(C)n1c(=O)[nH]c2c(NC(=O)OC(C)(C)C)cccc21.CCCCC/C=C\C1C[C@@H]1C(=O)NS(=O)C1(C)CC1.NC(=O)C1CCCN1C(=O)CNc1ccccc1. The molecule has 3 aromatic rings. The summed E-state index contributed by atoms with van der Waals surface area (Å²) >= 11 is 0. The van der Waals surface area contributed by atoms with Crippen molar-refractivity contribution in [3.05, 3.63) is 71.2 Å². The van der Waals surface area contributed by atoms with Crippen molar-refractivity contribution in [1.29, 1.82) is 0 Å². The summed E-state index contributed by atoms with van der Waals surface area (Å²) in [5.41, 5.74) is 7.28. The molecule has 2 heterocycles. The van der Waals surface area contributed by atoms with Crippen LogP contribution in [0, 0.1) is 11.8 Å². The third kappa shape index (κ3) is 13.6. The van der Waals surface area contributed by atoms with Crippen LogP contribution in [0.2, 0.25) is 0 Å². The molecule has 1 aromatic heterocycles. The number of imidazole rings is 1. The van der Waals surface area contributed by atoms with Gasteiger partial charge >= 0.3 is 11.8 Å². The minimum absolute atomic E-state index is 0.0188. The number of carbonyl (C=O) groups is 4. The van der Waals surface area contributed by atoms with Crippen LogP contribution in [0.25, 0.3) is 11.0 Å². The monoisotopic (exact) mass is 821 g/mol. The Bertz CT molecular complexity index is 1980. The van der Waals surface area contributed by atoms with Crippen LogP contribution in [0.15, 0.2) is 65.5 Å². The molecule has 4 amide bonds. The van der Waals surface area contributed by atoms with Gasteiger partial charge in [-0.3, -0.25) is 29.0 Å². The first-order valence-electron chi connectivity index (χ1n) is 20.4. The predicted molar refractivity (Wildman–Crippen MR) is 230 cm³/mol. The lowest BCUT2D eigenvalue weighted by Gasteiger charge is -2.22. The van der Waals surface area contributed by atoms with Gasteiger partial charge in [0.2, 0.25) is 17.7 Å². The summed E-state index contributed by atoms with van der Waals surface area (Å²) in [6, 6.07) is 14.5. The molecule has 1 saturated heterocycles. The second kappa shape index (κ2) is 20.7. The molecule has 0 radical (unpaired) electrons. The van der Waals surface area contributed by atoms with E-state index < -0.39 is 34.6 Å². The molecule has 2 aliphatic carbocycles. The first kappa shape index (κ1) is 45.8. The molecule has 2 saturated carbocycles. The molecule has 6 N–H and O–H groups in total. The van der Waals surface area contributed by atoms with Crippen LogP contribution in [0.4, 0.5) is 16.2 Å². The number of carbonyl (C=O) groups excluding carboxylic acids is 4. The summed E-state index contributed by atoms with van der Waals surface area (Å²) in [5.74, 6) is -0.0743. The fraction of sp³-hybridized carbons (Fsp3) is 0.558. The van der Waals surface area contributed by atoms with Gasteiger partial charge in [0, 0.05) is 24.2 Å². The Labute approximate surface area is 344 Å². The van der Waals surface area contributed by atoms with Crippen molar-refractivity contribution < 1.29 is 28.1 Å². The lowest BCUT2D eigenvalue weighted by Crippen LogP contribution is -2.45. The number of unbranched alkanes of at least 4 members (excludes halogenated alkanes) is 3. The van der Waals surface area contributed by atoms with E-state index in [1.807, 2.05) is 57.2 Å². The van der Waals surface area contributed by atoms with E-state index >= 15 is 0 Å². The molecule has 3 fully saturated rings. The normalized spacial score (nSPS) is 19.7. The van der Waals surface area contributed by atoms with Crippen LogP contribution in [0.3, 0.4) is 0 Å². The number of para-hydroxylation sites is 2. The maximum absolute atomic E-state index is 12.0. The second-order valence-corrected chi connectivity index (χ2v) is 18.4. The average Bonchev–Trinajstić information content (AvgIpc) is 4.01. The number of anilines is 2. The van der Waals surface area contributed by atoms with Gasteiger partial charge in [-0.15, -0.1) is 0 Å². The van der Waals surface area contributed by atoms with Crippen molar-refractivity contribution in [1.82, 2.24) is 19.2 Å². The number of fused-ring (bicyclic) bond motifs is 1. The molecule has 318 valence electrons. The molecule has 58 heavy (non-hydrogen) atoms. The molecule has 6 rings (SSSR count). The highest BCUT2D eigenvalue weighted by atomic mass is 32.2. The van der Waals surface area contributed by atoms with Gasteiger partial charge in [-0.25, -0.2) is 13.8 Å². The van der Waals surface area contributed by atoms with Gasteiger partial charge in [0.1, 0.15) is 22.6 Å². The topological polar surface area (TPSA) is 198 Å². The molecular weight excluding hydrogens is 759 g/mol. The Kier molecular flexibility index (Phi) is 16.3. The summed E-state index contributed by atoms with van der Waals surface area (Å²) in [7, 11) is -1.19. The van der Waals surface area contributed by atoms with Gasteiger partial charge in [-0.05, 0) is 117 Å². The number of rotatable bonds is 14. The summed E-state index contributed by atoms with van der Waals surface area (Å²) in [6.07, 6.45) is 13.0. The summed E-state index contributed by atoms with van der Waals surface area (Å²) in [5, 5.41) is 5.71. The van der Waals surface area contributed by atoms with E-state index in [0.717, 1.165) is 43.3 Å². The lowest BCUT2D eigenvalue weighted by molar-refractivity contribution is -0.135. The lowest BCUT2D eigenvalue weighted by atomic mass is 10.2.